The number of halogens is 6. The van der Waals surface area contributed by atoms with Crippen LogP contribution in [-0.2, 0) is 43.3 Å². The molecule has 0 saturated carbocycles. The van der Waals surface area contributed by atoms with Gasteiger partial charge in [0.25, 0.3) is 0 Å². The number of carbonyl (C=O) groups is 2. The minimum Gasteiger partial charge on any atom is -0.444 e. The van der Waals surface area contributed by atoms with Crippen molar-refractivity contribution in [3.05, 3.63) is 65.0 Å². The predicted molar refractivity (Wildman–Crippen MR) is 221 cm³/mol. The molecule has 3 aromatic rings. The third-order valence-electron chi connectivity index (χ3n) is 7.81. The lowest BCUT2D eigenvalue weighted by molar-refractivity contribution is 0.0587. The molecule has 0 unspecified atom stereocenters. The second-order valence-corrected chi connectivity index (χ2v) is 16.6. The van der Waals surface area contributed by atoms with Crippen molar-refractivity contribution in [2.75, 3.05) is 29.6 Å². The topological polar surface area (TPSA) is 168 Å². The van der Waals surface area contributed by atoms with E-state index in [9.17, 15) is 24.7 Å². The SMILES string of the molecule is CC(C)(C)OC(=O)Nc1c(Cl)cc2c(c1Cl)B(O)OC2.CN(C(=O)OC(C)(C)C)c1c(Cl)cc2c(c1Cl)B(O)OC2.CNc1c(Cl)cc2c(c1Cl)B(O)OC2. The quantitative estimate of drug-likeness (QED) is 0.185. The molecule has 0 spiro atoms. The van der Waals surface area contributed by atoms with Crippen LogP contribution in [0.3, 0.4) is 0 Å². The summed E-state index contributed by atoms with van der Waals surface area (Å²) in [7, 11) is 0.0589. The third-order valence-corrected chi connectivity index (χ3v) is 9.86. The fourth-order valence-corrected chi connectivity index (χ4v) is 7.74. The van der Waals surface area contributed by atoms with Gasteiger partial charge in [-0.15, -0.1) is 0 Å². The van der Waals surface area contributed by atoms with E-state index in [0.29, 0.717) is 54.9 Å². The van der Waals surface area contributed by atoms with Gasteiger partial charge in [0.1, 0.15) is 11.2 Å². The van der Waals surface area contributed by atoms with Gasteiger partial charge in [0.2, 0.25) is 0 Å². The van der Waals surface area contributed by atoms with E-state index in [0.717, 1.165) is 5.56 Å². The second-order valence-electron chi connectivity index (χ2n) is 14.2. The minimum absolute atomic E-state index is 0.156. The lowest BCUT2D eigenvalue weighted by Gasteiger charge is -2.26. The van der Waals surface area contributed by atoms with Crippen LogP contribution < -0.4 is 31.9 Å². The monoisotopic (exact) mass is 879 g/mol. The van der Waals surface area contributed by atoms with E-state index in [4.69, 9.17) is 93.0 Å². The Labute approximate surface area is 350 Å². The van der Waals surface area contributed by atoms with Crippen molar-refractivity contribution in [1.82, 2.24) is 0 Å². The maximum atomic E-state index is 12.1. The van der Waals surface area contributed by atoms with Crippen molar-refractivity contribution in [3.8, 4) is 0 Å². The van der Waals surface area contributed by atoms with E-state index in [1.165, 1.54) is 11.9 Å². The Hall–Kier alpha value is -2.31. The molecule has 5 N–H and O–H groups in total. The highest BCUT2D eigenvalue weighted by Gasteiger charge is 2.36. The minimum atomic E-state index is -1.12. The highest BCUT2D eigenvalue weighted by Crippen LogP contribution is 2.37. The van der Waals surface area contributed by atoms with E-state index in [1.807, 2.05) is 0 Å². The molecular weight excluding hydrogens is 844 g/mol. The molecule has 0 radical (unpaired) electrons. The molecule has 0 aliphatic carbocycles. The Balaban J connectivity index is 0.000000187. The Morgan fingerprint density at radius 2 is 1.05 bits per heavy atom. The van der Waals surface area contributed by atoms with E-state index in [-0.39, 0.29) is 39.7 Å². The normalized spacial score (nSPS) is 14.2. The lowest BCUT2D eigenvalue weighted by atomic mass is 9.79. The van der Waals surface area contributed by atoms with Crippen LogP contribution in [0.25, 0.3) is 0 Å². The van der Waals surface area contributed by atoms with E-state index < -0.39 is 44.7 Å². The largest absolute Gasteiger partial charge is 0.493 e. The number of hydrogen-bond acceptors (Lipinski definition) is 11. The van der Waals surface area contributed by atoms with Crippen LogP contribution >= 0.6 is 69.6 Å². The summed E-state index contributed by atoms with van der Waals surface area (Å²) in [6, 6.07) is 4.99. The first-order valence-electron chi connectivity index (χ1n) is 16.5. The fourth-order valence-electron chi connectivity index (χ4n) is 5.43. The Bertz CT molecular complexity index is 1970. The molecular formula is C33H38B3Cl6N3O10. The second kappa shape index (κ2) is 18.1. The number of hydrogen-bond donors (Lipinski definition) is 5. The van der Waals surface area contributed by atoms with Crippen molar-refractivity contribution < 1.29 is 48.1 Å². The molecule has 3 aromatic carbocycles. The summed E-state index contributed by atoms with van der Waals surface area (Å²) in [5.41, 5.74) is 3.55. The average molecular weight is 882 g/mol. The molecule has 2 amide bonds. The molecule has 0 bridgehead atoms. The smallest absolute Gasteiger partial charge is 0.444 e. The molecule has 6 rings (SSSR count). The summed E-state index contributed by atoms with van der Waals surface area (Å²) < 4.78 is 25.6. The average Bonchev–Trinajstić information content (AvgIpc) is 3.74. The number of amides is 2. The van der Waals surface area contributed by atoms with Gasteiger partial charge in [-0.25, -0.2) is 9.59 Å². The molecule has 0 saturated heterocycles. The molecule has 55 heavy (non-hydrogen) atoms. The maximum absolute atomic E-state index is 12.1. The number of nitrogens with one attached hydrogen (secondary N) is 2. The summed E-state index contributed by atoms with van der Waals surface area (Å²) in [5, 5.41) is 36.2. The Morgan fingerprint density at radius 3 is 1.47 bits per heavy atom. The molecule has 0 fully saturated rings. The highest BCUT2D eigenvalue weighted by molar-refractivity contribution is 6.67. The summed E-state index contributed by atoms with van der Waals surface area (Å²) in [5.74, 6) is 0. The number of ether oxygens (including phenoxy) is 2. The zero-order valence-electron chi connectivity index (χ0n) is 31.0. The summed E-state index contributed by atoms with van der Waals surface area (Å²) in [4.78, 5) is 25.1. The number of rotatable bonds is 3. The van der Waals surface area contributed by atoms with Crippen LogP contribution in [0.2, 0.25) is 30.1 Å². The van der Waals surface area contributed by atoms with Crippen molar-refractivity contribution in [2.45, 2.75) is 72.6 Å². The number of anilines is 3. The summed E-state index contributed by atoms with van der Waals surface area (Å²) in [6.45, 7) is 11.3. The van der Waals surface area contributed by atoms with Crippen LogP contribution in [0.15, 0.2) is 18.2 Å². The Kier molecular flexibility index (Phi) is 14.9. The van der Waals surface area contributed by atoms with Crippen molar-refractivity contribution in [1.29, 1.82) is 0 Å². The van der Waals surface area contributed by atoms with Crippen molar-refractivity contribution >= 4 is 137 Å². The number of fused-ring (bicyclic) bond motifs is 3. The van der Waals surface area contributed by atoms with E-state index >= 15 is 0 Å². The van der Waals surface area contributed by atoms with E-state index in [1.54, 1.807) is 66.8 Å². The molecule has 3 aliphatic heterocycles. The number of nitrogens with zero attached hydrogens (tertiary/aromatic N) is 1. The molecule has 0 aromatic heterocycles. The Morgan fingerprint density at radius 1 is 0.673 bits per heavy atom. The van der Waals surface area contributed by atoms with Gasteiger partial charge >= 0.3 is 33.5 Å². The number of carbonyl (C=O) groups excluding carboxylic acids is 2. The first-order valence-corrected chi connectivity index (χ1v) is 18.8. The van der Waals surface area contributed by atoms with Gasteiger partial charge in [0, 0.05) is 30.5 Å². The zero-order valence-corrected chi connectivity index (χ0v) is 35.5. The number of benzene rings is 3. The van der Waals surface area contributed by atoms with Gasteiger partial charge in [0.05, 0.1) is 67.0 Å². The van der Waals surface area contributed by atoms with Crippen molar-refractivity contribution in [3.63, 3.8) is 0 Å². The van der Waals surface area contributed by atoms with Crippen LogP contribution in [0.4, 0.5) is 26.7 Å². The first kappa shape index (κ1) is 45.4. The van der Waals surface area contributed by atoms with Gasteiger partial charge in [-0.2, -0.15) is 0 Å². The molecule has 0 atom stereocenters. The molecule has 3 aliphatic rings. The van der Waals surface area contributed by atoms with Crippen LogP contribution in [-0.4, -0.2) is 73.9 Å². The molecule has 296 valence electrons. The van der Waals surface area contributed by atoms with Gasteiger partial charge in [-0.3, -0.25) is 10.2 Å². The van der Waals surface area contributed by atoms with Gasteiger partial charge in [0.15, 0.2) is 0 Å². The summed E-state index contributed by atoms with van der Waals surface area (Å²) >= 11 is 36.8. The molecule has 3 heterocycles. The predicted octanol–water partition coefficient (Wildman–Crippen LogP) is 6.39. The van der Waals surface area contributed by atoms with Crippen LogP contribution in [0.5, 0.6) is 0 Å². The zero-order chi connectivity index (χ0) is 41.3. The maximum Gasteiger partial charge on any atom is 0.493 e. The third kappa shape index (κ3) is 10.8. The van der Waals surface area contributed by atoms with Gasteiger partial charge in [-0.05, 0) is 76.4 Å². The molecule has 22 heteroatoms. The summed E-state index contributed by atoms with van der Waals surface area (Å²) in [6.07, 6.45) is -1.26. The van der Waals surface area contributed by atoms with E-state index in [2.05, 4.69) is 10.6 Å². The lowest BCUT2D eigenvalue weighted by Crippen LogP contribution is -2.36. The van der Waals surface area contributed by atoms with Crippen molar-refractivity contribution in [2.24, 2.45) is 0 Å². The van der Waals surface area contributed by atoms with Gasteiger partial charge in [-0.1, -0.05) is 69.6 Å². The molecule has 13 nitrogen and oxygen atoms in total. The van der Waals surface area contributed by atoms with Crippen LogP contribution in [0, 0.1) is 0 Å². The highest BCUT2D eigenvalue weighted by atomic mass is 35.5. The fraction of sp³-hybridized carbons (Fsp3) is 0.394. The van der Waals surface area contributed by atoms with Gasteiger partial charge < -0.3 is 43.8 Å². The van der Waals surface area contributed by atoms with Crippen LogP contribution in [0.1, 0.15) is 58.2 Å². The first-order chi connectivity index (χ1) is 25.4. The standard InChI is InChI=1S/C13H16BCl2NO4.C12H14BCl2NO4.C8H8BCl2NO2/c1-13(2,3)21-12(18)17(4)11-8(15)5-7-6-20-14(19)9(7)10(11)16;1-12(2,3)20-11(17)16-10-7(14)4-6-5-19-13(18)8(6)9(10)15;1-12-8-5(10)2-4-3-14-9(13)6(4)7(8)11/h5,19H,6H2,1-4H3;4,18H,5H2,1-3H3,(H,16,17);2,12-13H,3H2,1H3.